The normalized spacial score (nSPS) is 19.1. The van der Waals surface area contributed by atoms with Crippen molar-refractivity contribution >= 4 is 5.82 Å². The number of aromatic nitrogens is 2. The van der Waals surface area contributed by atoms with Crippen LogP contribution in [0.4, 0.5) is 5.82 Å². The Labute approximate surface area is 135 Å². The van der Waals surface area contributed by atoms with Gasteiger partial charge in [-0.2, -0.15) is 5.26 Å². The Morgan fingerprint density at radius 2 is 2.13 bits per heavy atom. The predicted molar refractivity (Wildman–Crippen MR) is 84.7 cm³/mol. The maximum Gasteiger partial charge on any atom is 0.158 e. The Kier molecular flexibility index (Phi) is 4.81. The molecule has 0 bridgehead atoms. The molecule has 0 spiro atoms. The number of rotatable bonds is 4. The summed E-state index contributed by atoms with van der Waals surface area (Å²) in [5.74, 6) is 0.706. The van der Waals surface area contributed by atoms with Gasteiger partial charge in [-0.1, -0.05) is 30.3 Å². The highest BCUT2D eigenvalue weighted by Crippen LogP contribution is 2.25. The highest BCUT2D eigenvalue weighted by molar-refractivity contribution is 5.39. The summed E-state index contributed by atoms with van der Waals surface area (Å²) in [5, 5.41) is 19.3. The number of morpholine rings is 1. The lowest BCUT2D eigenvalue weighted by atomic mass is 10.0. The molecule has 1 fully saturated rings. The number of aliphatic hydroxyl groups is 1. The summed E-state index contributed by atoms with van der Waals surface area (Å²) < 4.78 is 5.56. The molecule has 0 radical (unpaired) electrons. The average Bonchev–Trinajstić information content (AvgIpc) is 2.63. The molecule has 0 amide bonds. The SMILES string of the molecule is N#Cc1cnc(N2CCOCC2CC(O)c2ccccc2)cn1. The number of hydrogen-bond acceptors (Lipinski definition) is 6. The molecule has 1 aliphatic rings. The third-order valence-electron chi connectivity index (χ3n) is 3.95. The summed E-state index contributed by atoms with van der Waals surface area (Å²) >= 11 is 0. The maximum absolute atomic E-state index is 10.5. The second-order valence-electron chi connectivity index (χ2n) is 5.46. The zero-order valence-electron chi connectivity index (χ0n) is 12.7. The summed E-state index contributed by atoms with van der Waals surface area (Å²) in [7, 11) is 0. The maximum atomic E-state index is 10.5. The van der Waals surface area contributed by atoms with Crippen LogP contribution in [0.15, 0.2) is 42.7 Å². The van der Waals surface area contributed by atoms with Crippen LogP contribution in [-0.4, -0.2) is 40.9 Å². The molecule has 6 nitrogen and oxygen atoms in total. The number of anilines is 1. The van der Waals surface area contributed by atoms with Crippen LogP contribution in [0.5, 0.6) is 0 Å². The van der Waals surface area contributed by atoms with Crippen LogP contribution in [0.1, 0.15) is 23.8 Å². The molecular weight excluding hydrogens is 292 g/mol. The fourth-order valence-corrected chi connectivity index (χ4v) is 2.75. The molecule has 3 rings (SSSR count). The fraction of sp³-hybridized carbons (Fsp3) is 0.353. The first-order valence-corrected chi connectivity index (χ1v) is 7.57. The number of hydrogen-bond donors (Lipinski definition) is 1. The minimum atomic E-state index is -0.559. The average molecular weight is 310 g/mol. The van der Waals surface area contributed by atoms with Crippen LogP contribution in [0.25, 0.3) is 0 Å². The molecule has 2 atom stereocenters. The molecule has 2 unspecified atom stereocenters. The van der Waals surface area contributed by atoms with Crippen molar-refractivity contribution in [2.75, 3.05) is 24.7 Å². The van der Waals surface area contributed by atoms with Crippen LogP contribution >= 0.6 is 0 Å². The van der Waals surface area contributed by atoms with E-state index in [2.05, 4.69) is 14.9 Å². The van der Waals surface area contributed by atoms with Gasteiger partial charge in [0.2, 0.25) is 0 Å². The summed E-state index contributed by atoms with van der Waals surface area (Å²) in [6.07, 6.45) is 3.06. The van der Waals surface area contributed by atoms with Gasteiger partial charge < -0.3 is 14.7 Å². The van der Waals surface area contributed by atoms with E-state index in [1.165, 1.54) is 6.20 Å². The summed E-state index contributed by atoms with van der Waals surface area (Å²) in [6.45, 7) is 1.83. The minimum absolute atomic E-state index is 0.0150. The van der Waals surface area contributed by atoms with Crippen molar-refractivity contribution in [2.24, 2.45) is 0 Å². The van der Waals surface area contributed by atoms with Gasteiger partial charge in [-0.3, -0.25) is 0 Å². The Hall–Kier alpha value is -2.49. The highest BCUT2D eigenvalue weighted by atomic mass is 16.5. The summed E-state index contributed by atoms with van der Waals surface area (Å²) in [5.41, 5.74) is 1.19. The van der Waals surface area contributed by atoms with E-state index in [0.717, 1.165) is 5.56 Å². The van der Waals surface area contributed by atoms with Gasteiger partial charge in [0.1, 0.15) is 11.9 Å². The van der Waals surface area contributed by atoms with E-state index >= 15 is 0 Å². The Morgan fingerprint density at radius 3 is 2.83 bits per heavy atom. The van der Waals surface area contributed by atoms with Crippen molar-refractivity contribution in [1.29, 1.82) is 5.26 Å². The first kappa shape index (κ1) is 15.4. The van der Waals surface area contributed by atoms with Gasteiger partial charge in [0, 0.05) is 13.0 Å². The van der Waals surface area contributed by atoms with Crippen LogP contribution in [0.2, 0.25) is 0 Å². The third kappa shape index (κ3) is 3.65. The first-order chi connectivity index (χ1) is 11.3. The van der Waals surface area contributed by atoms with Crippen molar-refractivity contribution in [3.05, 3.63) is 54.0 Å². The molecule has 2 heterocycles. The highest BCUT2D eigenvalue weighted by Gasteiger charge is 2.27. The van der Waals surface area contributed by atoms with Crippen molar-refractivity contribution in [1.82, 2.24) is 9.97 Å². The quantitative estimate of drug-likeness (QED) is 0.925. The number of benzene rings is 1. The Bertz CT molecular complexity index is 669. The standard InChI is InChI=1S/C17H18N4O2/c18-9-14-10-20-17(11-19-14)21-6-7-23-12-15(21)8-16(22)13-4-2-1-3-5-13/h1-5,10-11,15-16,22H,6-8,12H2. The molecule has 1 N–H and O–H groups in total. The number of aliphatic hydroxyl groups excluding tert-OH is 1. The molecule has 1 aliphatic heterocycles. The van der Waals surface area contributed by atoms with Gasteiger partial charge >= 0.3 is 0 Å². The lowest BCUT2D eigenvalue weighted by molar-refractivity contribution is 0.0676. The van der Waals surface area contributed by atoms with Gasteiger partial charge in [0.15, 0.2) is 5.69 Å². The van der Waals surface area contributed by atoms with Gasteiger partial charge in [-0.25, -0.2) is 9.97 Å². The van der Waals surface area contributed by atoms with E-state index in [9.17, 15) is 5.11 Å². The third-order valence-corrected chi connectivity index (χ3v) is 3.95. The number of ether oxygens (including phenoxy) is 1. The molecule has 0 aliphatic carbocycles. The van der Waals surface area contributed by atoms with Gasteiger partial charge in [0.25, 0.3) is 0 Å². The molecule has 6 heteroatoms. The summed E-state index contributed by atoms with van der Waals surface area (Å²) in [4.78, 5) is 10.5. The van der Waals surface area contributed by atoms with E-state index in [1.54, 1.807) is 6.20 Å². The zero-order valence-corrected chi connectivity index (χ0v) is 12.7. The molecule has 2 aromatic rings. The zero-order chi connectivity index (χ0) is 16.1. The topological polar surface area (TPSA) is 82.3 Å². The minimum Gasteiger partial charge on any atom is -0.388 e. The molecule has 1 aromatic carbocycles. The van der Waals surface area contributed by atoms with Crippen molar-refractivity contribution in [3.63, 3.8) is 0 Å². The van der Waals surface area contributed by atoms with Gasteiger partial charge in [-0.15, -0.1) is 0 Å². The second-order valence-corrected chi connectivity index (χ2v) is 5.46. The van der Waals surface area contributed by atoms with E-state index < -0.39 is 6.10 Å². The van der Waals surface area contributed by atoms with E-state index in [0.29, 0.717) is 37.7 Å². The summed E-state index contributed by atoms with van der Waals surface area (Å²) in [6, 6.07) is 11.6. The van der Waals surface area contributed by atoms with Crippen LogP contribution in [-0.2, 0) is 4.74 Å². The lowest BCUT2D eigenvalue weighted by Gasteiger charge is -2.37. The van der Waals surface area contributed by atoms with Crippen LogP contribution in [0.3, 0.4) is 0 Å². The monoisotopic (exact) mass is 310 g/mol. The Morgan fingerprint density at radius 1 is 1.30 bits per heavy atom. The van der Waals surface area contributed by atoms with Gasteiger partial charge in [0.05, 0.1) is 37.8 Å². The largest absolute Gasteiger partial charge is 0.388 e. The van der Waals surface area contributed by atoms with E-state index in [4.69, 9.17) is 10.00 Å². The van der Waals surface area contributed by atoms with Crippen LogP contribution < -0.4 is 4.90 Å². The predicted octanol–water partition coefficient (Wildman–Crippen LogP) is 1.68. The first-order valence-electron chi connectivity index (χ1n) is 7.57. The van der Waals surface area contributed by atoms with Crippen molar-refractivity contribution < 1.29 is 9.84 Å². The number of nitriles is 1. The molecule has 118 valence electrons. The Balaban J connectivity index is 1.74. The van der Waals surface area contributed by atoms with Crippen molar-refractivity contribution in [2.45, 2.75) is 18.6 Å². The van der Waals surface area contributed by atoms with Gasteiger partial charge in [-0.05, 0) is 5.56 Å². The van der Waals surface area contributed by atoms with Crippen molar-refractivity contribution in [3.8, 4) is 6.07 Å². The smallest absolute Gasteiger partial charge is 0.158 e. The number of nitrogens with zero attached hydrogens (tertiary/aromatic N) is 4. The fourth-order valence-electron chi connectivity index (χ4n) is 2.75. The van der Waals surface area contributed by atoms with E-state index in [1.807, 2.05) is 36.4 Å². The lowest BCUT2D eigenvalue weighted by Crippen LogP contribution is -2.46. The molecule has 1 aromatic heterocycles. The second kappa shape index (κ2) is 7.18. The van der Waals surface area contributed by atoms with E-state index in [-0.39, 0.29) is 6.04 Å². The molecule has 0 saturated carbocycles. The molecule has 23 heavy (non-hydrogen) atoms. The molecular formula is C17H18N4O2. The van der Waals surface area contributed by atoms with Crippen LogP contribution in [0, 0.1) is 11.3 Å². The molecule has 1 saturated heterocycles.